The molecule has 0 saturated carbocycles. The molecule has 0 fully saturated rings. The van der Waals surface area contributed by atoms with E-state index in [4.69, 9.17) is 23.2 Å². The van der Waals surface area contributed by atoms with Gasteiger partial charge in [0.1, 0.15) is 0 Å². The number of carbonyl (C=O) groups excluding carboxylic acids is 2. The minimum Gasteiger partial charge on any atom is -0.329 e. The summed E-state index contributed by atoms with van der Waals surface area (Å²) in [5.74, 6) is -0.418. The van der Waals surface area contributed by atoms with E-state index >= 15 is 0 Å². The van der Waals surface area contributed by atoms with Crippen LogP contribution < -0.4 is 16.0 Å². The molecule has 3 aromatic rings. The highest BCUT2D eigenvalue weighted by Gasteiger charge is 2.09. The summed E-state index contributed by atoms with van der Waals surface area (Å²) in [7, 11) is 0. The predicted octanol–water partition coefficient (Wildman–Crippen LogP) is 5.42. The Labute approximate surface area is 172 Å². The average Bonchev–Trinajstić information content (AvgIpc) is 2.70. The number of hydrogen-bond donors (Lipinski definition) is 3. The fourth-order valence-electron chi connectivity index (χ4n) is 2.50. The van der Waals surface area contributed by atoms with Gasteiger partial charge in [-0.15, -0.1) is 0 Å². The molecule has 3 aromatic carbocycles. The third kappa shape index (κ3) is 5.49. The average molecular weight is 414 g/mol. The highest BCUT2D eigenvalue weighted by atomic mass is 35.5. The normalized spacial score (nSPS) is 10.2. The van der Waals surface area contributed by atoms with E-state index in [9.17, 15) is 9.59 Å². The molecule has 0 spiro atoms. The Morgan fingerprint density at radius 2 is 1.46 bits per heavy atom. The molecule has 3 N–H and O–H groups in total. The molecule has 28 heavy (non-hydrogen) atoms. The van der Waals surface area contributed by atoms with E-state index in [0.717, 1.165) is 11.1 Å². The number of benzene rings is 3. The van der Waals surface area contributed by atoms with Crippen LogP contribution in [0.4, 0.5) is 16.2 Å². The molecule has 0 heterocycles. The molecule has 0 unspecified atom stereocenters. The number of anilines is 2. The molecule has 0 bridgehead atoms. The predicted molar refractivity (Wildman–Crippen MR) is 114 cm³/mol. The van der Waals surface area contributed by atoms with Crippen LogP contribution in [0, 0.1) is 0 Å². The molecule has 0 saturated heterocycles. The lowest BCUT2D eigenvalue weighted by Crippen LogP contribution is -2.35. The first-order valence-electron chi connectivity index (χ1n) is 8.46. The molecule has 0 radical (unpaired) electrons. The highest BCUT2D eigenvalue weighted by molar-refractivity contribution is 6.35. The lowest BCUT2D eigenvalue weighted by molar-refractivity contribution is -0.115. The first-order chi connectivity index (χ1) is 13.5. The minimum absolute atomic E-state index is 0.212. The summed E-state index contributed by atoms with van der Waals surface area (Å²) in [6.07, 6.45) is 0. The van der Waals surface area contributed by atoms with E-state index in [0.29, 0.717) is 21.4 Å². The van der Waals surface area contributed by atoms with Gasteiger partial charge in [0.2, 0.25) is 5.91 Å². The number of hydrogen-bond acceptors (Lipinski definition) is 2. The number of carbonyl (C=O) groups is 2. The number of nitrogens with one attached hydrogen (secondary N) is 3. The Morgan fingerprint density at radius 1 is 0.786 bits per heavy atom. The van der Waals surface area contributed by atoms with Crippen LogP contribution >= 0.6 is 23.2 Å². The van der Waals surface area contributed by atoms with Crippen molar-refractivity contribution in [3.63, 3.8) is 0 Å². The Balaban J connectivity index is 1.50. The smallest absolute Gasteiger partial charge is 0.319 e. The van der Waals surface area contributed by atoms with Crippen LogP contribution in [-0.2, 0) is 4.79 Å². The first-order valence-corrected chi connectivity index (χ1v) is 9.22. The van der Waals surface area contributed by atoms with Crippen molar-refractivity contribution in [3.05, 3.63) is 82.8 Å². The SMILES string of the molecule is O=C(CNC(=O)Nc1ccc(-c2ccccc2)cc1)Nc1cc(Cl)ccc1Cl. The van der Waals surface area contributed by atoms with Crippen molar-refractivity contribution < 1.29 is 9.59 Å². The van der Waals surface area contributed by atoms with Gasteiger partial charge in [0, 0.05) is 10.7 Å². The van der Waals surface area contributed by atoms with Gasteiger partial charge in [-0.1, -0.05) is 65.7 Å². The molecular formula is C21H17Cl2N3O2. The maximum Gasteiger partial charge on any atom is 0.319 e. The summed E-state index contributed by atoms with van der Waals surface area (Å²) in [6.45, 7) is -0.212. The fraction of sp³-hybridized carbons (Fsp3) is 0.0476. The van der Waals surface area contributed by atoms with Gasteiger partial charge < -0.3 is 16.0 Å². The molecule has 5 nitrogen and oxygen atoms in total. The van der Waals surface area contributed by atoms with Crippen LogP contribution in [0.2, 0.25) is 10.0 Å². The van der Waals surface area contributed by atoms with E-state index in [1.807, 2.05) is 42.5 Å². The molecular weight excluding hydrogens is 397 g/mol. The van der Waals surface area contributed by atoms with Crippen LogP contribution in [0.15, 0.2) is 72.8 Å². The van der Waals surface area contributed by atoms with Gasteiger partial charge in [0.25, 0.3) is 0 Å². The standard InChI is InChI=1S/C21H17Cl2N3O2/c22-16-8-11-18(23)19(12-16)26-20(27)13-24-21(28)25-17-9-6-15(7-10-17)14-4-2-1-3-5-14/h1-12H,13H2,(H,26,27)(H2,24,25,28). The highest BCUT2D eigenvalue weighted by Crippen LogP contribution is 2.25. The summed E-state index contributed by atoms with van der Waals surface area (Å²) in [6, 6.07) is 21.6. The van der Waals surface area contributed by atoms with Crippen LogP contribution in [0.3, 0.4) is 0 Å². The fourth-order valence-corrected chi connectivity index (χ4v) is 2.84. The maximum atomic E-state index is 12.0. The van der Waals surface area contributed by atoms with Crippen molar-refractivity contribution in [1.29, 1.82) is 0 Å². The van der Waals surface area contributed by atoms with Gasteiger partial charge in [-0.2, -0.15) is 0 Å². The number of urea groups is 1. The van der Waals surface area contributed by atoms with Crippen LogP contribution in [0.1, 0.15) is 0 Å². The summed E-state index contributed by atoms with van der Waals surface area (Å²) < 4.78 is 0. The molecule has 0 aromatic heterocycles. The zero-order chi connectivity index (χ0) is 19.9. The van der Waals surface area contributed by atoms with Crippen LogP contribution in [0.25, 0.3) is 11.1 Å². The van der Waals surface area contributed by atoms with Gasteiger partial charge in [-0.25, -0.2) is 4.79 Å². The molecule has 7 heteroatoms. The Hall–Kier alpha value is -3.02. The summed E-state index contributed by atoms with van der Waals surface area (Å²) in [5, 5.41) is 8.58. The van der Waals surface area contributed by atoms with Crippen molar-refractivity contribution in [2.24, 2.45) is 0 Å². The van der Waals surface area contributed by atoms with Gasteiger partial charge in [-0.05, 0) is 41.5 Å². The minimum atomic E-state index is -0.486. The second-order valence-corrected chi connectivity index (χ2v) is 6.77. The van der Waals surface area contributed by atoms with Crippen LogP contribution in [-0.4, -0.2) is 18.5 Å². The zero-order valence-electron chi connectivity index (χ0n) is 14.7. The second-order valence-electron chi connectivity index (χ2n) is 5.92. The second kappa shape index (κ2) is 9.26. The summed E-state index contributed by atoms with van der Waals surface area (Å²) >= 11 is 11.9. The molecule has 0 aliphatic carbocycles. The third-order valence-electron chi connectivity index (χ3n) is 3.86. The monoisotopic (exact) mass is 413 g/mol. The van der Waals surface area contributed by atoms with Crippen molar-refractivity contribution in [2.45, 2.75) is 0 Å². The van der Waals surface area contributed by atoms with Gasteiger partial charge in [-0.3, -0.25) is 4.79 Å². The molecule has 0 atom stereocenters. The first kappa shape index (κ1) is 19.7. The lowest BCUT2D eigenvalue weighted by atomic mass is 10.1. The van der Waals surface area contributed by atoms with E-state index in [-0.39, 0.29) is 6.54 Å². The molecule has 3 amide bonds. The largest absolute Gasteiger partial charge is 0.329 e. The van der Waals surface area contributed by atoms with Crippen molar-refractivity contribution >= 4 is 46.5 Å². The number of rotatable bonds is 5. The van der Waals surface area contributed by atoms with Crippen molar-refractivity contribution in [3.8, 4) is 11.1 Å². The quantitative estimate of drug-likeness (QED) is 0.522. The van der Waals surface area contributed by atoms with E-state index in [1.165, 1.54) is 6.07 Å². The number of halogens is 2. The van der Waals surface area contributed by atoms with Crippen LogP contribution in [0.5, 0.6) is 0 Å². The molecule has 0 aliphatic heterocycles. The third-order valence-corrected chi connectivity index (χ3v) is 4.43. The van der Waals surface area contributed by atoms with Crippen molar-refractivity contribution in [1.82, 2.24) is 5.32 Å². The Bertz CT molecular complexity index is 977. The van der Waals surface area contributed by atoms with Gasteiger partial charge in [0.15, 0.2) is 0 Å². The zero-order valence-corrected chi connectivity index (χ0v) is 16.2. The Morgan fingerprint density at radius 3 is 2.18 bits per heavy atom. The van der Waals surface area contributed by atoms with E-state index in [1.54, 1.807) is 24.3 Å². The summed E-state index contributed by atoms with van der Waals surface area (Å²) in [5.41, 5.74) is 3.15. The number of amides is 3. The van der Waals surface area contributed by atoms with E-state index < -0.39 is 11.9 Å². The Kier molecular flexibility index (Phi) is 6.53. The molecule has 142 valence electrons. The van der Waals surface area contributed by atoms with Crippen molar-refractivity contribution in [2.75, 3.05) is 17.2 Å². The lowest BCUT2D eigenvalue weighted by Gasteiger charge is -2.10. The maximum absolute atomic E-state index is 12.0. The topological polar surface area (TPSA) is 70.2 Å². The van der Waals surface area contributed by atoms with Gasteiger partial charge in [0.05, 0.1) is 17.3 Å². The summed E-state index contributed by atoms with van der Waals surface area (Å²) in [4.78, 5) is 24.0. The van der Waals surface area contributed by atoms with E-state index in [2.05, 4.69) is 16.0 Å². The molecule has 3 rings (SSSR count). The van der Waals surface area contributed by atoms with Gasteiger partial charge >= 0.3 is 6.03 Å². The molecule has 0 aliphatic rings.